The lowest BCUT2D eigenvalue weighted by Gasteiger charge is -2.37. The van der Waals surface area contributed by atoms with Gasteiger partial charge in [-0.2, -0.15) is 0 Å². The van der Waals surface area contributed by atoms with E-state index in [0.717, 1.165) is 25.0 Å². The molecular formula is C11H25N3. The van der Waals surface area contributed by atoms with Gasteiger partial charge < -0.3 is 15.1 Å². The van der Waals surface area contributed by atoms with Crippen LogP contribution in [0, 0.1) is 5.92 Å². The van der Waals surface area contributed by atoms with Crippen LogP contribution in [-0.4, -0.2) is 63.2 Å². The summed E-state index contributed by atoms with van der Waals surface area (Å²) in [6.45, 7) is 7.05. The first-order chi connectivity index (χ1) is 6.61. The van der Waals surface area contributed by atoms with E-state index >= 15 is 0 Å². The molecule has 2 unspecified atom stereocenters. The van der Waals surface area contributed by atoms with Gasteiger partial charge in [0, 0.05) is 25.7 Å². The molecule has 2 atom stereocenters. The summed E-state index contributed by atoms with van der Waals surface area (Å²) in [5.41, 5.74) is 0. The van der Waals surface area contributed by atoms with Crippen LogP contribution in [0.4, 0.5) is 0 Å². The summed E-state index contributed by atoms with van der Waals surface area (Å²) in [6, 6.07) is 0.726. The smallest absolute Gasteiger partial charge is 0.0244 e. The molecule has 1 fully saturated rings. The molecule has 14 heavy (non-hydrogen) atoms. The highest BCUT2D eigenvalue weighted by Crippen LogP contribution is 2.15. The van der Waals surface area contributed by atoms with E-state index in [1.54, 1.807) is 0 Å². The van der Waals surface area contributed by atoms with Gasteiger partial charge in [0.15, 0.2) is 0 Å². The van der Waals surface area contributed by atoms with Crippen LogP contribution in [0.25, 0.3) is 0 Å². The molecule has 0 amide bonds. The number of nitrogens with zero attached hydrogens (tertiary/aromatic N) is 2. The van der Waals surface area contributed by atoms with Crippen LogP contribution >= 0.6 is 0 Å². The van der Waals surface area contributed by atoms with E-state index in [9.17, 15) is 0 Å². The summed E-state index contributed by atoms with van der Waals surface area (Å²) in [6.07, 6.45) is 1.32. The van der Waals surface area contributed by atoms with E-state index < -0.39 is 0 Å². The van der Waals surface area contributed by atoms with Crippen molar-refractivity contribution in [1.29, 1.82) is 0 Å². The standard InChI is InChI=1S/C11H25N3/c1-10-5-6-12-9-11(10)14(4)8-7-13(2)3/h10-12H,5-9H2,1-4H3. The van der Waals surface area contributed by atoms with Crippen LogP contribution in [0.2, 0.25) is 0 Å². The number of piperidine rings is 1. The maximum Gasteiger partial charge on any atom is 0.0244 e. The highest BCUT2D eigenvalue weighted by molar-refractivity contribution is 4.82. The van der Waals surface area contributed by atoms with E-state index in [1.807, 2.05) is 0 Å². The fraction of sp³-hybridized carbons (Fsp3) is 1.00. The van der Waals surface area contributed by atoms with Gasteiger partial charge >= 0.3 is 0 Å². The molecule has 3 nitrogen and oxygen atoms in total. The van der Waals surface area contributed by atoms with E-state index in [1.165, 1.54) is 19.5 Å². The minimum atomic E-state index is 0.726. The minimum Gasteiger partial charge on any atom is -0.315 e. The topological polar surface area (TPSA) is 18.5 Å². The fourth-order valence-corrected chi connectivity index (χ4v) is 2.09. The quantitative estimate of drug-likeness (QED) is 0.710. The van der Waals surface area contributed by atoms with Gasteiger partial charge in [-0.25, -0.2) is 0 Å². The second-order valence-electron chi connectivity index (χ2n) is 4.82. The lowest BCUT2D eigenvalue weighted by Crippen LogP contribution is -2.50. The zero-order valence-corrected chi connectivity index (χ0v) is 10.1. The molecule has 0 saturated carbocycles. The average Bonchev–Trinajstić information content (AvgIpc) is 2.15. The van der Waals surface area contributed by atoms with Gasteiger partial charge in [0.05, 0.1) is 0 Å². The van der Waals surface area contributed by atoms with Gasteiger partial charge in [-0.3, -0.25) is 0 Å². The molecule has 1 aliphatic rings. The Morgan fingerprint density at radius 3 is 2.50 bits per heavy atom. The number of hydrogen-bond acceptors (Lipinski definition) is 3. The maximum absolute atomic E-state index is 3.48. The molecule has 0 radical (unpaired) electrons. The monoisotopic (exact) mass is 199 g/mol. The average molecular weight is 199 g/mol. The van der Waals surface area contributed by atoms with Crippen LogP contribution in [0.3, 0.4) is 0 Å². The third-order valence-corrected chi connectivity index (χ3v) is 3.25. The van der Waals surface area contributed by atoms with E-state index in [-0.39, 0.29) is 0 Å². The molecular weight excluding hydrogens is 174 g/mol. The second-order valence-corrected chi connectivity index (χ2v) is 4.82. The minimum absolute atomic E-state index is 0.726. The van der Waals surface area contributed by atoms with E-state index in [4.69, 9.17) is 0 Å². The van der Waals surface area contributed by atoms with Crippen molar-refractivity contribution in [3.8, 4) is 0 Å². The van der Waals surface area contributed by atoms with Crippen LogP contribution in [-0.2, 0) is 0 Å². The third-order valence-electron chi connectivity index (χ3n) is 3.25. The Labute approximate surface area is 88.5 Å². The SMILES string of the molecule is CC1CCNCC1N(C)CCN(C)C. The zero-order chi connectivity index (χ0) is 10.6. The van der Waals surface area contributed by atoms with Crippen molar-refractivity contribution in [2.24, 2.45) is 5.92 Å². The lowest BCUT2D eigenvalue weighted by molar-refractivity contribution is 0.141. The van der Waals surface area contributed by atoms with Crippen LogP contribution in [0.15, 0.2) is 0 Å². The fourth-order valence-electron chi connectivity index (χ4n) is 2.09. The van der Waals surface area contributed by atoms with Crippen LogP contribution in [0.5, 0.6) is 0 Å². The molecule has 0 bridgehead atoms. The number of hydrogen-bond donors (Lipinski definition) is 1. The molecule has 0 aliphatic carbocycles. The van der Waals surface area contributed by atoms with Crippen molar-refractivity contribution >= 4 is 0 Å². The van der Waals surface area contributed by atoms with Crippen molar-refractivity contribution in [2.75, 3.05) is 47.3 Å². The summed E-state index contributed by atoms with van der Waals surface area (Å²) >= 11 is 0. The van der Waals surface area contributed by atoms with Gasteiger partial charge in [-0.05, 0) is 40.0 Å². The Hall–Kier alpha value is -0.120. The largest absolute Gasteiger partial charge is 0.315 e. The molecule has 0 aromatic carbocycles. The summed E-state index contributed by atoms with van der Waals surface area (Å²) in [7, 11) is 6.52. The Morgan fingerprint density at radius 2 is 1.93 bits per heavy atom. The first-order valence-corrected chi connectivity index (χ1v) is 5.67. The number of nitrogens with one attached hydrogen (secondary N) is 1. The van der Waals surface area contributed by atoms with Crippen molar-refractivity contribution in [2.45, 2.75) is 19.4 Å². The Bertz CT molecular complexity index is 159. The van der Waals surface area contributed by atoms with E-state index in [2.05, 4.69) is 43.2 Å². The molecule has 1 saturated heterocycles. The van der Waals surface area contributed by atoms with Gasteiger partial charge in [0.25, 0.3) is 0 Å². The third kappa shape index (κ3) is 3.56. The summed E-state index contributed by atoms with van der Waals surface area (Å²) in [5, 5.41) is 3.48. The summed E-state index contributed by atoms with van der Waals surface area (Å²) in [4.78, 5) is 4.74. The van der Waals surface area contributed by atoms with Crippen LogP contribution in [0.1, 0.15) is 13.3 Å². The normalized spacial score (nSPS) is 28.7. The summed E-state index contributed by atoms with van der Waals surface area (Å²) in [5.74, 6) is 0.836. The van der Waals surface area contributed by atoms with E-state index in [0.29, 0.717) is 0 Å². The maximum atomic E-state index is 3.48. The van der Waals surface area contributed by atoms with Gasteiger partial charge in [0.2, 0.25) is 0 Å². The molecule has 3 heteroatoms. The van der Waals surface area contributed by atoms with Gasteiger partial charge in [-0.15, -0.1) is 0 Å². The first-order valence-electron chi connectivity index (χ1n) is 5.67. The van der Waals surface area contributed by atoms with Crippen LogP contribution < -0.4 is 5.32 Å². The lowest BCUT2D eigenvalue weighted by atomic mass is 9.94. The van der Waals surface area contributed by atoms with Crippen molar-refractivity contribution < 1.29 is 0 Å². The molecule has 0 spiro atoms. The summed E-state index contributed by atoms with van der Waals surface area (Å²) < 4.78 is 0. The molecule has 0 aromatic heterocycles. The molecule has 1 rings (SSSR count). The zero-order valence-electron chi connectivity index (χ0n) is 10.1. The highest BCUT2D eigenvalue weighted by atomic mass is 15.2. The highest BCUT2D eigenvalue weighted by Gasteiger charge is 2.24. The van der Waals surface area contributed by atoms with Crippen molar-refractivity contribution in [3.05, 3.63) is 0 Å². The molecule has 84 valence electrons. The molecule has 1 N–H and O–H groups in total. The Kier molecular flexibility index (Phi) is 4.85. The molecule has 0 aromatic rings. The predicted octanol–water partition coefficient (Wildman–Crippen LogP) is 0.478. The first kappa shape index (κ1) is 12.0. The second kappa shape index (κ2) is 5.69. The van der Waals surface area contributed by atoms with Crippen molar-refractivity contribution in [1.82, 2.24) is 15.1 Å². The predicted molar refractivity (Wildman–Crippen MR) is 61.6 cm³/mol. The van der Waals surface area contributed by atoms with Crippen molar-refractivity contribution in [3.63, 3.8) is 0 Å². The van der Waals surface area contributed by atoms with Gasteiger partial charge in [0.1, 0.15) is 0 Å². The number of likely N-dealkylation sites (N-methyl/N-ethyl adjacent to an activating group) is 2. The van der Waals surface area contributed by atoms with Gasteiger partial charge in [-0.1, -0.05) is 6.92 Å². The number of rotatable bonds is 4. The Balaban J connectivity index is 2.30. The molecule has 1 aliphatic heterocycles. The Morgan fingerprint density at radius 1 is 1.21 bits per heavy atom. The molecule has 1 heterocycles.